The Balaban J connectivity index is 2.09. The highest BCUT2D eigenvalue weighted by atomic mass is 16.1. The van der Waals surface area contributed by atoms with Gasteiger partial charge in [0.15, 0.2) is 0 Å². The van der Waals surface area contributed by atoms with Gasteiger partial charge in [-0.25, -0.2) is 0 Å². The minimum absolute atomic E-state index is 0.275. The number of hydrogen-bond donors (Lipinski definition) is 0. The van der Waals surface area contributed by atoms with E-state index in [4.69, 9.17) is 0 Å². The zero-order valence-corrected chi connectivity index (χ0v) is 9.47. The van der Waals surface area contributed by atoms with Crippen LogP contribution in [0.5, 0.6) is 0 Å². The van der Waals surface area contributed by atoms with Crippen LogP contribution in [0.2, 0.25) is 0 Å². The molecule has 78 valence electrons. The Hall–Kier alpha value is -0.590. The van der Waals surface area contributed by atoms with Gasteiger partial charge in [0.1, 0.15) is 5.78 Å². The summed E-state index contributed by atoms with van der Waals surface area (Å²) in [5.41, 5.74) is 1.80. The predicted molar refractivity (Wildman–Crippen MR) is 58.0 cm³/mol. The molecule has 0 radical (unpaired) electrons. The zero-order chi connectivity index (χ0) is 10.3. The van der Waals surface area contributed by atoms with E-state index in [1.165, 1.54) is 12.0 Å². The molecule has 0 aromatic rings. The molecule has 1 nitrogen and oxygen atoms in total. The molecule has 2 fully saturated rings. The summed E-state index contributed by atoms with van der Waals surface area (Å²) in [6.45, 7) is 6.70. The first kappa shape index (κ1) is 9.95. The van der Waals surface area contributed by atoms with E-state index in [-0.39, 0.29) is 5.41 Å². The summed E-state index contributed by atoms with van der Waals surface area (Å²) < 4.78 is 0. The highest BCUT2D eigenvalue weighted by molar-refractivity contribution is 5.84. The summed E-state index contributed by atoms with van der Waals surface area (Å²) >= 11 is 0. The second kappa shape index (κ2) is 3.22. The number of carbonyl (C=O) groups excluding carboxylic acids is 1. The minimum Gasteiger partial charge on any atom is -0.299 e. The van der Waals surface area contributed by atoms with Crippen LogP contribution in [0, 0.1) is 17.3 Å². The SMILES string of the molecule is CC(C)(C)C=C1CC2CCC(=O)C2C1. The lowest BCUT2D eigenvalue weighted by Crippen LogP contribution is -2.07. The molecule has 2 saturated carbocycles. The molecule has 0 bridgehead atoms. The molecule has 0 aromatic heterocycles. The molecule has 0 spiro atoms. The third kappa shape index (κ3) is 1.92. The zero-order valence-electron chi connectivity index (χ0n) is 9.47. The molecule has 0 amide bonds. The van der Waals surface area contributed by atoms with Gasteiger partial charge in [-0.05, 0) is 30.6 Å². The van der Waals surface area contributed by atoms with Gasteiger partial charge in [0.2, 0.25) is 0 Å². The van der Waals surface area contributed by atoms with E-state index >= 15 is 0 Å². The fourth-order valence-corrected chi connectivity index (χ4v) is 2.93. The molecule has 0 heterocycles. The maximum Gasteiger partial charge on any atom is 0.136 e. The molecular weight excluding hydrogens is 172 g/mol. The fourth-order valence-electron chi connectivity index (χ4n) is 2.93. The van der Waals surface area contributed by atoms with Gasteiger partial charge >= 0.3 is 0 Å². The molecule has 0 aliphatic heterocycles. The number of rotatable bonds is 0. The lowest BCUT2D eigenvalue weighted by atomic mass is 9.92. The van der Waals surface area contributed by atoms with Gasteiger partial charge in [-0.2, -0.15) is 0 Å². The van der Waals surface area contributed by atoms with E-state index in [9.17, 15) is 4.79 Å². The Morgan fingerprint density at radius 1 is 1.29 bits per heavy atom. The second-order valence-electron chi connectivity index (χ2n) is 5.95. The molecule has 2 rings (SSSR count). The Kier molecular flexibility index (Phi) is 2.29. The maximum atomic E-state index is 11.5. The van der Waals surface area contributed by atoms with Crippen molar-refractivity contribution in [2.24, 2.45) is 17.3 Å². The number of carbonyl (C=O) groups is 1. The molecule has 2 aliphatic rings. The van der Waals surface area contributed by atoms with Crippen LogP contribution < -0.4 is 0 Å². The van der Waals surface area contributed by atoms with Gasteiger partial charge in [-0.1, -0.05) is 32.4 Å². The molecule has 2 atom stereocenters. The highest BCUT2D eigenvalue weighted by Gasteiger charge is 2.40. The van der Waals surface area contributed by atoms with Crippen LogP contribution in [0.3, 0.4) is 0 Å². The lowest BCUT2D eigenvalue weighted by molar-refractivity contribution is -0.120. The number of hydrogen-bond acceptors (Lipinski definition) is 1. The molecule has 14 heavy (non-hydrogen) atoms. The van der Waals surface area contributed by atoms with Crippen LogP contribution >= 0.6 is 0 Å². The average Bonchev–Trinajstić information content (AvgIpc) is 2.51. The number of ketones is 1. The van der Waals surface area contributed by atoms with Crippen molar-refractivity contribution >= 4 is 5.78 Å². The van der Waals surface area contributed by atoms with Crippen LogP contribution in [0.4, 0.5) is 0 Å². The monoisotopic (exact) mass is 192 g/mol. The van der Waals surface area contributed by atoms with Crippen LogP contribution in [-0.2, 0) is 4.79 Å². The first-order valence-electron chi connectivity index (χ1n) is 5.69. The Morgan fingerprint density at radius 3 is 2.57 bits per heavy atom. The van der Waals surface area contributed by atoms with Crippen molar-refractivity contribution < 1.29 is 4.79 Å². The van der Waals surface area contributed by atoms with Gasteiger partial charge in [-0.15, -0.1) is 0 Å². The number of allylic oxidation sites excluding steroid dienone is 2. The van der Waals surface area contributed by atoms with E-state index in [1.807, 2.05) is 0 Å². The van der Waals surface area contributed by atoms with E-state index in [0.29, 0.717) is 17.6 Å². The van der Waals surface area contributed by atoms with Crippen molar-refractivity contribution in [3.8, 4) is 0 Å². The van der Waals surface area contributed by atoms with Crippen molar-refractivity contribution in [1.82, 2.24) is 0 Å². The molecule has 2 unspecified atom stereocenters. The number of fused-ring (bicyclic) bond motifs is 1. The first-order chi connectivity index (χ1) is 6.46. The molecule has 1 heteroatoms. The average molecular weight is 192 g/mol. The smallest absolute Gasteiger partial charge is 0.136 e. The molecule has 2 aliphatic carbocycles. The summed E-state index contributed by atoms with van der Waals surface area (Å²) in [7, 11) is 0. The minimum atomic E-state index is 0.275. The van der Waals surface area contributed by atoms with Gasteiger partial charge in [0.05, 0.1) is 0 Å². The van der Waals surface area contributed by atoms with Gasteiger partial charge in [0, 0.05) is 12.3 Å². The largest absolute Gasteiger partial charge is 0.299 e. The Bertz CT molecular complexity index is 280. The summed E-state index contributed by atoms with van der Waals surface area (Å²) in [5, 5.41) is 0. The van der Waals surface area contributed by atoms with Crippen molar-refractivity contribution in [2.45, 2.75) is 46.5 Å². The van der Waals surface area contributed by atoms with Crippen LogP contribution in [0.1, 0.15) is 46.5 Å². The third-order valence-electron chi connectivity index (χ3n) is 3.39. The van der Waals surface area contributed by atoms with E-state index < -0.39 is 0 Å². The van der Waals surface area contributed by atoms with Crippen molar-refractivity contribution in [3.63, 3.8) is 0 Å². The highest BCUT2D eigenvalue weighted by Crippen LogP contribution is 2.45. The van der Waals surface area contributed by atoms with E-state index in [1.54, 1.807) is 0 Å². The van der Waals surface area contributed by atoms with E-state index in [2.05, 4.69) is 26.8 Å². The summed E-state index contributed by atoms with van der Waals surface area (Å²) in [6.07, 6.45) is 6.61. The first-order valence-corrected chi connectivity index (χ1v) is 5.69. The summed E-state index contributed by atoms with van der Waals surface area (Å²) in [5.74, 6) is 1.60. The van der Waals surface area contributed by atoms with Gasteiger partial charge in [-0.3, -0.25) is 4.79 Å². The number of Topliss-reactive ketones (excluding diaryl/α,β-unsaturated/α-hetero) is 1. The molecule has 0 aromatic carbocycles. The molecule has 0 N–H and O–H groups in total. The van der Waals surface area contributed by atoms with Crippen LogP contribution in [0.25, 0.3) is 0 Å². The van der Waals surface area contributed by atoms with Gasteiger partial charge < -0.3 is 0 Å². The Labute approximate surface area is 86.6 Å². The van der Waals surface area contributed by atoms with E-state index in [0.717, 1.165) is 19.3 Å². The van der Waals surface area contributed by atoms with Crippen molar-refractivity contribution in [1.29, 1.82) is 0 Å². The quantitative estimate of drug-likeness (QED) is 0.538. The summed E-state index contributed by atoms with van der Waals surface area (Å²) in [4.78, 5) is 11.5. The van der Waals surface area contributed by atoms with Gasteiger partial charge in [0.25, 0.3) is 0 Å². The topological polar surface area (TPSA) is 17.1 Å². The normalized spacial score (nSPS) is 35.4. The van der Waals surface area contributed by atoms with Crippen molar-refractivity contribution in [2.75, 3.05) is 0 Å². The maximum absolute atomic E-state index is 11.5. The predicted octanol–water partition coefficient (Wildman–Crippen LogP) is 3.35. The Morgan fingerprint density at radius 2 is 2.00 bits per heavy atom. The molecular formula is C13H20O. The van der Waals surface area contributed by atoms with Crippen molar-refractivity contribution in [3.05, 3.63) is 11.6 Å². The summed E-state index contributed by atoms with van der Waals surface area (Å²) in [6, 6.07) is 0. The second-order valence-corrected chi connectivity index (χ2v) is 5.95. The standard InChI is InChI=1S/C13H20O/c1-13(2,3)8-9-6-10-4-5-12(14)11(10)7-9/h8,10-11H,4-7H2,1-3H3. The third-order valence-corrected chi connectivity index (χ3v) is 3.39. The van der Waals surface area contributed by atoms with Crippen LogP contribution in [0.15, 0.2) is 11.6 Å². The molecule has 0 saturated heterocycles. The fraction of sp³-hybridized carbons (Fsp3) is 0.769. The van der Waals surface area contributed by atoms with Crippen LogP contribution in [-0.4, -0.2) is 5.78 Å². The lowest BCUT2D eigenvalue weighted by Gasteiger charge is -2.14.